The van der Waals surface area contributed by atoms with Crippen LogP contribution in [0, 0.1) is 6.92 Å². The fourth-order valence-corrected chi connectivity index (χ4v) is 3.51. The molecule has 128 valence electrons. The minimum atomic E-state index is -3.60. The van der Waals surface area contributed by atoms with Crippen LogP contribution in [0.2, 0.25) is 0 Å². The van der Waals surface area contributed by atoms with Gasteiger partial charge >= 0.3 is 0 Å². The van der Waals surface area contributed by atoms with Crippen molar-refractivity contribution in [3.05, 3.63) is 59.9 Å². The van der Waals surface area contributed by atoms with Crippen molar-refractivity contribution in [3.8, 4) is 0 Å². The van der Waals surface area contributed by atoms with Gasteiger partial charge in [-0.3, -0.25) is 14.1 Å². The first-order chi connectivity index (χ1) is 11.3. The van der Waals surface area contributed by atoms with Gasteiger partial charge in [0.25, 0.3) is 0 Å². The molecule has 1 N–H and O–H groups in total. The van der Waals surface area contributed by atoms with Gasteiger partial charge in [0, 0.05) is 18.9 Å². The highest BCUT2D eigenvalue weighted by molar-refractivity contribution is 7.92. The lowest BCUT2D eigenvalue weighted by Gasteiger charge is -2.28. The summed E-state index contributed by atoms with van der Waals surface area (Å²) in [4.78, 5) is 16.4. The highest BCUT2D eigenvalue weighted by Crippen LogP contribution is 2.21. The van der Waals surface area contributed by atoms with E-state index in [1.165, 1.54) is 0 Å². The van der Waals surface area contributed by atoms with Crippen molar-refractivity contribution in [2.24, 2.45) is 0 Å². The number of hydrogen-bond acceptors (Lipinski definition) is 4. The van der Waals surface area contributed by atoms with Gasteiger partial charge in [-0.25, -0.2) is 8.42 Å². The van der Waals surface area contributed by atoms with Crippen molar-refractivity contribution in [1.29, 1.82) is 0 Å². The summed E-state index contributed by atoms with van der Waals surface area (Å²) in [6.07, 6.45) is 4.40. The van der Waals surface area contributed by atoms with Crippen molar-refractivity contribution < 1.29 is 13.2 Å². The second-order valence-corrected chi connectivity index (χ2v) is 7.51. The van der Waals surface area contributed by atoms with E-state index in [0.717, 1.165) is 21.7 Å². The number of hydrogen-bond donors (Lipinski definition) is 1. The largest absolute Gasteiger partial charge is 0.350 e. The number of pyridine rings is 1. The van der Waals surface area contributed by atoms with E-state index in [1.54, 1.807) is 37.5 Å². The van der Waals surface area contributed by atoms with Crippen molar-refractivity contribution in [1.82, 2.24) is 10.3 Å². The summed E-state index contributed by atoms with van der Waals surface area (Å²) in [6, 6.07) is 9.77. The Labute approximate surface area is 142 Å². The number of carbonyl (C=O) groups excluding carboxylic acids is 1. The number of nitrogens with zero attached hydrogens (tertiary/aromatic N) is 2. The predicted octanol–water partition coefficient (Wildman–Crippen LogP) is 1.86. The van der Waals surface area contributed by atoms with Gasteiger partial charge < -0.3 is 5.32 Å². The van der Waals surface area contributed by atoms with Crippen LogP contribution in [0.5, 0.6) is 0 Å². The molecule has 1 aromatic heterocycles. The maximum absolute atomic E-state index is 12.4. The van der Waals surface area contributed by atoms with Gasteiger partial charge in [0.05, 0.1) is 11.9 Å². The average molecular weight is 347 g/mol. The molecule has 1 unspecified atom stereocenters. The topological polar surface area (TPSA) is 79.4 Å². The Morgan fingerprint density at radius 1 is 1.25 bits per heavy atom. The molecular formula is C17H21N3O3S. The monoisotopic (exact) mass is 347 g/mol. The van der Waals surface area contributed by atoms with Gasteiger partial charge in [0.15, 0.2) is 0 Å². The zero-order valence-corrected chi connectivity index (χ0v) is 14.7. The number of aryl methyl sites for hydroxylation is 1. The second kappa shape index (κ2) is 7.44. The maximum Gasteiger partial charge on any atom is 0.243 e. The molecule has 1 aromatic carbocycles. The average Bonchev–Trinajstić information content (AvgIpc) is 2.54. The molecule has 0 saturated heterocycles. The van der Waals surface area contributed by atoms with E-state index >= 15 is 0 Å². The number of amides is 1. The molecule has 6 nitrogen and oxygen atoms in total. The van der Waals surface area contributed by atoms with Crippen LogP contribution in [-0.4, -0.2) is 31.6 Å². The normalized spacial score (nSPS) is 12.5. The van der Waals surface area contributed by atoms with E-state index < -0.39 is 16.1 Å². The summed E-state index contributed by atoms with van der Waals surface area (Å²) >= 11 is 0. The predicted molar refractivity (Wildman–Crippen MR) is 94.0 cm³/mol. The Morgan fingerprint density at radius 3 is 2.46 bits per heavy atom. The molecular weight excluding hydrogens is 326 g/mol. The van der Waals surface area contributed by atoms with E-state index in [0.29, 0.717) is 12.2 Å². The molecule has 2 rings (SSSR count). The first kappa shape index (κ1) is 17.9. The quantitative estimate of drug-likeness (QED) is 0.865. The summed E-state index contributed by atoms with van der Waals surface area (Å²) in [7, 11) is -3.60. The summed E-state index contributed by atoms with van der Waals surface area (Å²) in [5.41, 5.74) is 2.33. The molecule has 1 atom stereocenters. The zero-order chi connectivity index (χ0) is 17.7. The molecule has 7 heteroatoms. The highest BCUT2D eigenvalue weighted by Gasteiger charge is 2.28. The van der Waals surface area contributed by atoms with Crippen LogP contribution in [0.3, 0.4) is 0 Å². The molecule has 0 radical (unpaired) electrons. The zero-order valence-electron chi connectivity index (χ0n) is 13.9. The fraction of sp³-hybridized carbons (Fsp3) is 0.294. The van der Waals surface area contributed by atoms with Gasteiger partial charge in [-0.05, 0) is 37.6 Å². The third-order valence-corrected chi connectivity index (χ3v) is 4.81. The molecule has 2 aromatic rings. The molecule has 0 saturated carbocycles. The first-order valence-electron chi connectivity index (χ1n) is 7.51. The highest BCUT2D eigenvalue weighted by atomic mass is 32.2. The Kier molecular flexibility index (Phi) is 5.56. The third-order valence-electron chi connectivity index (χ3n) is 3.57. The number of carbonyl (C=O) groups is 1. The van der Waals surface area contributed by atoms with Gasteiger partial charge in [-0.1, -0.05) is 23.8 Å². The molecule has 0 spiro atoms. The van der Waals surface area contributed by atoms with Gasteiger partial charge in [0.1, 0.15) is 6.04 Å². The minimum absolute atomic E-state index is 0.294. The van der Waals surface area contributed by atoms with E-state index in [2.05, 4.69) is 10.3 Å². The van der Waals surface area contributed by atoms with Crippen molar-refractivity contribution >= 4 is 21.6 Å². The number of anilines is 1. The van der Waals surface area contributed by atoms with Crippen molar-refractivity contribution in [3.63, 3.8) is 0 Å². The van der Waals surface area contributed by atoms with Crippen LogP contribution >= 0.6 is 0 Å². The number of rotatable bonds is 6. The summed E-state index contributed by atoms with van der Waals surface area (Å²) in [6.45, 7) is 3.78. The van der Waals surface area contributed by atoms with Gasteiger partial charge in [-0.2, -0.15) is 0 Å². The molecule has 24 heavy (non-hydrogen) atoms. The van der Waals surface area contributed by atoms with Crippen molar-refractivity contribution in [2.45, 2.75) is 26.4 Å². The lowest BCUT2D eigenvalue weighted by molar-refractivity contribution is -0.122. The van der Waals surface area contributed by atoms with Gasteiger partial charge in [-0.15, -0.1) is 0 Å². The smallest absolute Gasteiger partial charge is 0.243 e. The second-order valence-electron chi connectivity index (χ2n) is 5.65. The van der Waals surface area contributed by atoms with Crippen molar-refractivity contribution in [2.75, 3.05) is 10.6 Å². The molecule has 0 fully saturated rings. The van der Waals surface area contributed by atoms with Crippen LogP contribution < -0.4 is 9.62 Å². The first-order valence-corrected chi connectivity index (χ1v) is 9.36. The SMILES string of the molecule is Cc1ccc(N(C(C)C(=O)NCc2cccnc2)S(C)(=O)=O)cc1. The Morgan fingerprint density at radius 2 is 1.92 bits per heavy atom. The third kappa shape index (κ3) is 4.55. The molecule has 0 aliphatic heterocycles. The van der Waals surface area contributed by atoms with Crippen LogP contribution in [0.25, 0.3) is 0 Å². The van der Waals surface area contributed by atoms with E-state index in [4.69, 9.17) is 0 Å². The number of aromatic nitrogens is 1. The number of sulfonamides is 1. The maximum atomic E-state index is 12.4. The molecule has 1 heterocycles. The summed E-state index contributed by atoms with van der Waals surface area (Å²) < 4.78 is 25.5. The van der Waals surface area contributed by atoms with Crippen LogP contribution in [0.15, 0.2) is 48.8 Å². The fourth-order valence-electron chi connectivity index (χ4n) is 2.34. The number of benzene rings is 1. The van der Waals surface area contributed by atoms with Crippen LogP contribution in [0.4, 0.5) is 5.69 Å². The van der Waals surface area contributed by atoms with Crippen LogP contribution in [0.1, 0.15) is 18.1 Å². The van der Waals surface area contributed by atoms with E-state index in [-0.39, 0.29) is 5.91 Å². The summed E-state index contributed by atoms with van der Waals surface area (Å²) in [5.74, 6) is -0.371. The molecule has 0 bridgehead atoms. The standard InChI is InChI=1S/C17H21N3O3S/c1-13-6-8-16(9-7-13)20(24(3,22)23)14(2)17(21)19-12-15-5-4-10-18-11-15/h4-11,14H,12H2,1-3H3,(H,19,21). The van der Waals surface area contributed by atoms with Gasteiger partial charge in [0.2, 0.25) is 15.9 Å². The molecule has 1 amide bonds. The molecule has 0 aliphatic rings. The summed E-state index contributed by atoms with van der Waals surface area (Å²) in [5, 5.41) is 2.75. The Balaban J connectivity index is 2.17. The minimum Gasteiger partial charge on any atom is -0.350 e. The lowest BCUT2D eigenvalue weighted by Crippen LogP contribution is -2.47. The number of nitrogens with one attached hydrogen (secondary N) is 1. The molecule has 0 aliphatic carbocycles. The lowest BCUT2D eigenvalue weighted by atomic mass is 10.2. The Hall–Kier alpha value is -2.41. The Bertz CT molecular complexity index is 790. The van der Waals surface area contributed by atoms with E-state index in [9.17, 15) is 13.2 Å². The van der Waals surface area contributed by atoms with E-state index in [1.807, 2.05) is 25.1 Å². The van der Waals surface area contributed by atoms with Crippen LogP contribution in [-0.2, 0) is 21.4 Å².